The van der Waals surface area contributed by atoms with Gasteiger partial charge in [-0.15, -0.1) is 24.0 Å². The summed E-state index contributed by atoms with van der Waals surface area (Å²) in [6.07, 6.45) is 0. The lowest BCUT2D eigenvalue weighted by Crippen LogP contribution is -2.30. The summed E-state index contributed by atoms with van der Waals surface area (Å²) >= 11 is 0. The van der Waals surface area contributed by atoms with E-state index < -0.39 is 0 Å². The van der Waals surface area contributed by atoms with E-state index in [-0.39, 0.29) is 24.0 Å². The third-order valence-electron chi connectivity index (χ3n) is 3.71. The maximum atomic E-state index is 5.61. The van der Waals surface area contributed by atoms with E-state index in [1.165, 1.54) is 0 Å². The highest BCUT2D eigenvalue weighted by Gasteiger charge is 2.07. The van der Waals surface area contributed by atoms with Crippen LogP contribution >= 0.6 is 24.0 Å². The zero-order valence-corrected chi connectivity index (χ0v) is 18.6. The van der Waals surface area contributed by atoms with Crippen molar-refractivity contribution < 1.29 is 14.2 Å². The summed E-state index contributed by atoms with van der Waals surface area (Å²) in [4.78, 5) is 4.27. The third-order valence-corrected chi connectivity index (χ3v) is 3.71. The molecule has 0 heterocycles. The molecule has 2 aromatic carbocycles. The molecule has 2 aromatic rings. The molecule has 2 rings (SSSR count). The number of guanidine groups is 1. The number of ether oxygens (including phenoxy) is 3. The molecule has 0 fully saturated rings. The van der Waals surface area contributed by atoms with Crippen LogP contribution in [0, 0.1) is 0 Å². The number of halogens is 1. The second kappa shape index (κ2) is 12.4. The second-order valence-corrected chi connectivity index (χ2v) is 5.60. The lowest BCUT2D eigenvalue weighted by molar-refractivity contribution is 0.185. The van der Waals surface area contributed by atoms with Crippen LogP contribution in [0.1, 0.15) is 18.1 Å². The molecule has 0 saturated heterocycles. The van der Waals surface area contributed by atoms with Crippen molar-refractivity contribution in [1.82, 2.24) is 5.32 Å². The maximum Gasteiger partial charge on any atom is 0.195 e. The van der Waals surface area contributed by atoms with Gasteiger partial charge in [-0.2, -0.15) is 0 Å². The first-order valence-electron chi connectivity index (χ1n) is 8.55. The van der Waals surface area contributed by atoms with E-state index in [0.717, 1.165) is 16.8 Å². The molecule has 27 heavy (non-hydrogen) atoms. The highest BCUT2D eigenvalue weighted by molar-refractivity contribution is 14.0. The number of methoxy groups -OCH3 is 2. The number of rotatable bonds is 8. The van der Waals surface area contributed by atoms with Crippen LogP contribution in [-0.4, -0.2) is 33.8 Å². The average molecular weight is 485 g/mol. The number of hydrogen-bond acceptors (Lipinski definition) is 4. The fourth-order valence-electron chi connectivity index (χ4n) is 2.52. The standard InChI is InChI=1S/C20H27N3O3.HI/c1-5-26-19-12-17(9-10-18(19)25-4)23-20(21-2)22-13-15-7-6-8-16(11-15)14-24-3;/h6-12H,5,13-14H2,1-4H3,(H2,21,22,23);1H. The summed E-state index contributed by atoms with van der Waals surface area (Å²) in [5.41, 5.74) is 3.17. The quantitative estimate of drug-likeness (QED) is 0.336. The molecule has 0 aliphatic rings. The normalized spacial score (nSPS) is 10.7. The molecular formula is C20H28IN3O3. The molecule has 6 nitrogen and oxygen atoms in total. The summed E-state index contributed by atoms with van der Waals surface area (Å²) < 4.78 is 16.1. The number of aliphatic imine (C=N–C) groups is 1. The minimum Gasteiger partial charge on any atom is -0.493 e. The Kier molecular flexibility index (Phi) is 10.6. The van der Waals surface area contributed by atoms with Gasteiger partial charge in [0.15, 0.2) is 17.5 Å². The Balaban J connectivity index is 0.00000364. The van der Waals surface area contributed by atoms with Gasteiger partial charge in [0.2, 0.25) is 0 Å². The van der Waals surface area contributed by atoms with Gasteiger partial charge in [0.1, 0.15) is 0 Å². The highest BCUT2D eigenvalue weighted by Crippen LogP contribution is 2.30. The topological polar surface area (TPSA) is 64.1 Å². The van der Waals surface area contributed by atoms with E-state index in [1.54, 1.807) is 21.3 Å². The zero-order chi connectivity index (χ0) is 18.8. The van der Waals surface area contributed by atoms with Gasteiger partial charge in [-0.05, 0) is 30.2 Å². The fourth-order valence-corrected chi connectivity index (χ4v) is 2.52. The van der Waals surface area contributed by atoms with Crippen LogP contribution in [0.3, 0.4) is 0 Å². The van der Waals surface area contributed by atoms with Crippen LogP contribution < -0.4 is 20.1 Å². The number of nitrogens with zero attached hydrogens (tertiary/aromatic N) is 1. The van der Waals surface area contributed by atoms with Gasteiger partial charge < -0.3 is 24.8 Å². The Bertz CT molecular complexity index is 738. The monoisotopic (exact) mass is 485 g/mol. The molecule has 0 bridgehead atoms. The van der Waals surface area contributed by atoms with Crippen molar-refractivity contribution in [3.8, 4) is 11.5 Å². The van der Waals surface area contributed by atoms with Crippen molar-refractivity contribution in [2.75, 3.05) is 33.2 Å². The van der Waals surface area contributed by atoms with Gasteiger partial charge >= 0.3 is 0 Å². The second-order valence-electron chi connectivity index (χ2n) is 5.60. The molecule has 0 spiro atoms. The van der Waals surface area contributed by atoms with Crippen LogP contribution in [0.2, 0.25) is 0 Å². The molecule has 0 atom stereocenters. The van der Waals surface area contributed by atoms with Crippen molar-refractivity contribution in [3.05, 3.63) is 53.6 Å². The van der Waals surface area contributed by atoms with Gasteiger partial charge in [0.05, 0.1) is 20.3 Å². The van der Waals surface area contributed by atoms with Crippen molar-refractivity contribution in [3.63, 3.8) is 0 Å². The van der Waals surface area contributed by atoms with E-state index in [0.29, 0.717) is 37.2 Å². The summed E-state index contributed by atoms with van der Waals surface area (Å²) in [7, 11) is 5.06. The molecular weight excluding hydrogens is 457 g/mol. The summed E-state index contributed by atoms with van der Waals surface area (Å²) in [6, 6.07) is 14.0. The van der Waals surface area contributed by atoms with Crippen LogP contribution in [0.4, 0.5) is 5.69 Å². The molecule has 0 saturated carbocycles. The summed E-state index contributed by atoms with van der Waals surface area (Å²) in [5, 5.41) is 6.58. The largest absolute Gasteiger partial charge is 0.493 e. The van der Waals surface area contributed by atoms with Crippen LogP contribution in [0.25, 0.3) is 0 Å². The lowest BCUT2D eigenvalue weighted by Gasteiger charge is -2.15. The molecule has 0 aliphatic heterocycles. The van der Waals surface area contributed by atoms with E-state index in [4.69, 9.17) is 14.2 Å². The molecule has 0 aliphatic carbocycles. The highest BCUT2D eigenvalue weighted by atomic mass is 127. The Labute approximate surface area is 178 Å². The number of hydrogen-bond donors (Lipinski definition) is 2. The van der Waals surface area contributed by atoms with Crippen LogP contribution in [0.5, 0.6) is 11.5 Å². The number of anilines is 1. The zero-order valence-electron chi connectivity index (χ0n) is 16.2. The maximum absolute atomic E-state index is 5.61. The Hall–Kier alpha value is -2.00. The third kappa shape index (κ3) is 7.26. The predicted octanol–water partition coefficient (Wildman–Crippen LogP) is 4.05. The number of nitrogens with one attached hydrogen (secondary N) is 2. The molecule has 0 radical (unpaired) electrons. The first-order valence-corrected chi connectivity index (χ1v) is 8.55. The Morgan fingerprint density at radius 1 is 1.04 bits per heavy atom. The molecule has 0 amide bonds. The number of benzene rings is 2. The van der Waals surface area contributed by atoms with E-state index in [2.05, 4.69) is 27.8 Å². The SMILES string of the molecule is CCOc1cc(NC(=NC)NCc2cccc(COC)c2)ccc1OC.I. The predicted molar refractivity (Wildman–Crippen MR) is 121 cm³/mol. The smallest absolute Gasteiger partial charge is 0.195 e. The van der Waals surface area contributed by atoms with Gasteiger partial charge in [-0.1, -0.05) is 24.3 Å². The Morgan fingerprint density at radius 2 is 1.81 bits per heavy atom. The Morgan fingerprint density at radius 3 is 2.48 bits per heavy atom. The summed E-state index contributed by atoms with van der Waals surface area (Å²) in [6.45, 7) is 3.78. The van der Waals surface area contributed by atoms with Gasteiger partial charge in [0, 0.05) is 32.5 Å². The van der Waals surface area contributed by atoms with E-state index in [1.807, 2.05) is 37.3 Å². The van der Waals surface area contributed by atoms with Gasteiger partial charge in [0.25, 0.3) is 0 Å². The molecule has 148 valence electrons. The van der Waals surface area contributed by atoms with E-state index >= 15 is 0 Å². The lowest BCUT2D eigenvalue weighted by atomic mass is 10.1. The average Bonchev–Trinajstić information content (AvgIpc) is 2.66. The first-order chi connectivity index (χ1) is 12.7. The van der Waals surface area contributed by atoms with Crippen molar-refractivity contribution in [2.45, 2.75) is 20.1 Å². The van der Waals surface area contributed by atoms with Crippen LogP contribution in [0.15, 0.2) is 47.5 Å². The summed E-state index contributed by atoms with van der Waals surface area (Å²) in [5.74, 6) is 2.08. The molecule has 0 unspecified atom stereocenters. The van der Waals surface area contributed by atoms with Gasteiger partial charge in [-0.3, -0.25) is 4.99 Å². The molecule has 7 heteroatoms. The van der Waals surface area contributed by atoms with E-state index in [9.17, 15) is 0 Å². The molecule has 0 aromatic heterocycles. The van der Waals surface area contributed by atoms with Crippen molar-refractivity contribution in [1.29, 1.82) is 0 Å². The first kappa shape index (κ1) is 23.0. The van der Waals surface area contributed by atoms with Gasteiger partial charge in [-0.25, -0.2) is 0 Å². The fraction of sp³-hybridized carbons (Fsp3) is 0.350. The molecule has 2 N–H and O–H groups in total. The van der Waals surface area contributed by atoms with Crippen molar-refractivity contribution >= 4 is 35.6 Å². The van der Waals surface area contributed by atoms with Crippen LogP contribution in [-0.2, 0) is 17.9 Å². The minimum absolute atomic E-state index is 0. The van der Waals surface area contributed by atoms with Crippen molar-refractivity contribution in [2.24, 2.45) is 4.99 Å². The minimum atomic E-state index is 0.